The maximum absolute atomic E-state index is 13.7. The zero-order chi connectivity index (χ0) is 106. The van der Waals surface area contributed by atoms with Gasteiger partial charge in [0.15, 0.2) is 6.10 Å². The van der Waals surface area contributed by atoms with Crippen LogP contribution in [0.3, 0.4) is 0 Å². The van der Waals surface area contributed by atoms with Gasteiger partial charge in [0.25, 0.3) is 57.7 Å². The van der Waals surface area contributed by atoms with Crippen LogP contribution in [0.4, 0.5) is 22.7 Å². The predicted molar refractivity (Wildman–Crippen MR) is 589 cm³/mol. The lowest BCUT2D eigenvalue weighted by Crippen LogP contribution is -2.44. The molecule has 0 bridgehead atoms. The molecule has 0 unspecified atom stereocenters. The summed E-state index contributed by atoms with van der Waals surface area (Å²) in [6, 6.07) is -6.10. The molecule has 4 aromatic carbocycles. The normalized spacial score (nSPS) is 11.1. The van der Waals surface area contributed by atoms with E-state index >= 15 is 0 Å². The molecule has 0 aromatic heterocycles. The minimum Gasteiger partial charge on any atom is -0.464 e. The second-order valence-corrected chi connectivity index (χ2v) is 40.7. The maximum Gasteiger partial charge on any atom is 0.303 e. The van der Waals surface area contributed by atoms with Crippen molar-refractivity contribution in [3.63, 3.8) is 0 Å². The molecule has 0 aliphatic rings. The minimum absolute atomic E-state index is 0.00380. The summed E-state index contributed by atoms with van der Waals surface area (Å²) in [6.07, 6.45) is -2.60. The Morgan fingerprint density at radius 3 is 0.635 bits per heavy atom. The summed E-state index contributed by atoms with van der Waals surface area (Å²) in [4.78, 5) is 230. The SMILES string of the molecule is CC(=O)OCC(COC(C)=O)NC(=O)c1c(I)c(N)c(I)c(C(=O)NC(COC(C)=O)COC(C)=O)c1I.CC(=O)OCC(COC(C)=O)NC(=O)c1c(I)c(NC(=O)[C@H](C)OC(C)=O)c(I)c(C(=O)NC(COC(C)=O)COC(C)=O)c1I.C[C@H](O)C(=O)Nc1c(I)c(C(=O)NC(CO)CO)c(I)c(C(=O)NC(CO)CO)c1I.NC(CO)CO.Nc1c(I)c(C(=O)Cl)c(I)c(C(=O)Cl)c1I. The number of hydrogen-bond acceptors (Lipinski definition) is 38. The quantitative estimate of drug-likeness (QED) is 0.00956. The van der Waals surface area contributed by atoms with Gasteiger partial charge < -0.3 is 138 Å². The fraction of sp³-hybridized carbons (Fsp3) is 0.442. The molecule has 4 rings (SSSR count). The van der Waals surface area contributed by atoms with E-state index < -0.39 is 192 Å². The number of halogens is 14. The summed E-state index contributed by atoms with van der Waals surface area (Å²) < 4.78 is 48.4. The first kappa shape index (κ1) is 133. The molecule has 21 N–H and O–H groups in total. The average molecular weight is 3320 g/mol. The van der Waals surface area contributed by atoms with Crippen molar-refractivity contribution in [2.75, 3.05) is 115 Å². The standard InChI is InChI=1S/C27H32I3N3O13.C22H26I3N3O10.C17H22I3N3O8.C8H2Cl2I3NO2.C3H9NO2/c1-11(46-16(6)38)25(39)33-24-22(29)19(26(40)31-17(7-42-12(2)34)8-43-13(3)35)21(28)20(23(24)30)27(41)32-18(9-44-14(4)36)10-45-15(5)37;1-9(29)35-5-13(6-36-10(2)30)27-21(33)15-17(23)16(19(25)20(26)18(15)24)22(34)28-14(7-37-11(3)31)8-38-12(4)32;1-6(28)15(29)23-14-12(19)9(16(30)21-7(2-24)3-25)11(18)10(13(14)20)17(31)22-8(4-26)5-27;9-7(15)1-3(11)2(8(10)16)5(13)6(14)4(1)12;4-3(1-5)2-6/h11,17-18H,7-10H2,1-6H3,(H,31,40)(H,32,41)(H,33,39);13-14H,5-8,26H2,1-4H3,(H,27,33)(H,28,34);6-8,24-28H,2-5H2,1H3,(H,21,30)(H,22,31)(H,23,29);14H2;3,5-6H,1-2,4H2/t11-;;6-;;/m0.0../s1. The first-order chi connectivity index (χ1) is 63.6. The molecule has 762 valence electrons. The molecular formula is C77H91Cl2I12N11O35. The van der Waals surface area contributed by atoms with Crippen molar-refractivity contribution in [3.05, 3.63) is 87.3 Å². The van der Waals surface area contributed by atoms with Crippen LogP contribution in [0.5, 0.6) is 0 Å². The summed E-state index contributed by atoms with van der Waals surface area (Å²) in [7, 11) is 0. The number of hydrogen-bond donors (Lipinski definition) is 18. The third kappa shape index (κ3) is 46.0. The van der Waals surface area contributed by atoms with Crippen LogP contribution in [-0.4, -0.2) is 294 Å². The van der Waals surface area contributed by atoms with Crippen molar-refractivity contribution in [3.8, 4) is 0 Å². The van der Waals surface area contributed by atoms with E-state index in [1.165, 1.54) is 41.5 Å². The first-order valence-corrected chi connectivity index (χ1v) is 51.9. The number of carbonyl (C=O) groups is 19. The number of ether oxygens (including phenoxy) is 9. The van der Waals surface area contributed by atoms with Gasteiger partial charge in [0.2, 0.25) is 0 Å². The van der Waals surface area contributed by atoms with Crippen LogP contribution in [0.15, 0.2) is 0 Å². The smallest absolute Gasteiger partial charge is 0.303 e. The molecule has 0 aliphatic carbocycles. The Kier molecular flexibility index (Phi) is 65.4. The molecule has 4 aromatic rings. The number of carbonyl (C=O) groups excluding carboxylic acids is 19. The van der Waals surface area contributed by atoms with Crippen molar-refractivity contribution in [2.24, 2.45) is 5.73 Å². The average Bonchev–Trinajstić information content (AvgIpc) is 0.732. The highest BCUT2D eigenvalue weighted by atomic mass is 127. The Morgan fingerprint density at radius 1 is 0.285 bits per heavy atom. The van der Waals surface area contributed by atoms with Gasteiger partial charge in [-0.1, -0.05) is 0 Å². The maximum atomic E-state index is 13.7. The lowest BCUT2D eigenvalue weighted by atomic mass is 10.1. The lowest BCUT2D eigenvalue weighted by molar-refractivity contribution is -0.151. The number of nitrogens with one attached hydrogen (secondary N) is 8. The van der Waals surface area contributed by atoms with Crippen LogP contribution in [0.25, 0.3) is 0 Å². The summed E-state index contributed by atoms with van der Waals surface area (Å²) in [5.41, 5.74) is 18.0. The van der Waals surface area contributed by atoms with Gasteiger partial charge in [-0.2, -0.15) is 0 Å². The fourth-order valence-corrected chi connectivity index (χ4v) is 27.5. The monoisotopic (exact) mass is 3320 g/mol. The van der Waals surface area contributed by atoms with E-state index in [1.807, 2.05) is 181 Å². The number of anilines is 4. The van der Waals surface area contributed by atoms with E-state index in [4.69, 9.17) is 93.2 Å². The van der Waals surface area contributed by atoms with E-state index in [0.717, 1.165) is 34.6 Å². The zero-order valence-corrected chi connectivity index (χ0v) is 101. The molecule has 46 nitrogen and oxygen atoms in total. The number of amides is 8. The highest BCUT2D eigenvalue weighted by molar-refractivity contribution is 14.1. The van der Waals surface area contributed by atoms with E-state index in [2.05, 4.69) is 42.5 Å². The van der Waals surface area contributed by atoms with Crippen molar-refractivity contribution < 1.29 is 169 Å². The van der Waals surface area contributed by atoms with Gasteiger partial charge in [0, 0.05) is 76.6 Å². The van der Waals surface area contributed by atoms with Gasteiger partial charge in [-0.25, -0.2) is 0 Å². The molecule has 0 fully saturated rings. The predicted octanol–water partition coefficient (Wildman–Crippen LogP) is 4.50. The molecule has 0 spiro atoms. The molecule has 8 amide bonds. The molecule has 60 heteroatoms. The van der Waals surface area contributed by atoms with Gasteiger partial charge >= 0.3 is 53.7 Å². The minimum atomic E-state index is -1.36. The van der Waals surface area contributed by atoms with Crippen LogP contribution >= 0.6 is 294 Å². The topological polar surface area (TPSA) is 723 Å². The molecule has 0 heterocycles. The number of benzene rings is 4. The van der Waals surface area contributed by atoms with Crippen molar-refractivity contribution >= 4 is 429 Å². The fourth-order valence-electron chi connectivity index (χ4n) is 9.38. The highest BCUT2D eigenvalue weighted by Gasteiger charge is 2.37. The van der Waals surface area contributed by atoms with Gasteiger partial charge in [-0.15, -0.1) is 0 Å². The third-order valence-electron chi connectivity index (χ3n) is 15.9. The van der Waals surface area contributed by atoms with Gasteiger partial charge in [-0.05, 0) is 308 Å². The van der Waals surface area contributed by atoms with Crippen molar-refractivity contribution in [2.45, 2.75) is 131 Å². The summed E-state index contributed by atoms with van der Waals surface area (Å²) in [5.74, 6) is -11.5. The molecule has 2 atom stereocenters. The number of aliphatic hydroxyl groups excluding tert-OH is 7. The van der Waals surface area contributed by atoms with Gasteiger partial charge in [0.1, 0.15) is 59.0 Å². The zero-order valence-electron chi connectivity index (χ0n) is 73.2. The molecule has 0 aliphatic heterocycles. The van der Waals surface area contributed by atoms with Crippen molar-refractivity contribution in [1.82, 2.24) is 31.9 Å². The Hall–Kier alpha value is -4.17. The summed E-state index contributed by atoms with van der Waals surface area (Å²) in [6.45, 7) is 8.28. The Bertz CT molecular complexity index is 4790. The van der Waals surface area contributed by atoms with Crippen LogP contribution < -0.4 is 59.7 Å². The van der Waals surface area contributed by atoms with Crippen LogP contribution in [0, 0.1) is 42.8 Å². The van der Waals surface area contributed by atoms with E-state index in [9.17, 15) is 117 Å². The van der Waals surface area contributed by atoms with E-state index in [1.54, 1.807) is 90.4 Å². The van der Waals surface area contributed by atoms with Gasteiger partial charge in [0.05, 0.1) is 178 Å². The van der Waals surface area contributed by atoms with Crippen molar-refractivity contribution in [1.29, 1.82) is 0 Å². The van der Waals surface area contributed by atoms with Crippen LogP contribution in [-0.2, 0) is 95.4 Å². The molecule has 0 saturated heterocycles. The molecular weight excluding hydrogens is 3230 g/mol. The Morgan fingerprint density at radius 2 is 0.467 bits per heavy atom. The third-order valence-corrected chi connectivity index (χ3v) is 29.4. The number of esters is 9. The van der Waals surface area contributed by atoms with E-state index in [0.29, 0.717) is 23.5 Å². The number of nitrogen functional groups attached to an aromatic ring is 2. The Balaban J connectivity index is 0.00000184. The molecule has 0 saturated carbocycles. The lowest BCUT2D eigenvalue weighted by Gasteiger charge is -2.24. The second-order valence-electron chi connectivity index (χ2n) is 27.1. The Labute approximate surface area is 955 Å². The van der Waals surface area contributed by atoms with Gasteiger partial charge in [-0.3, -0.25) is 91.1 Å². The first-order valence-electron chi connectivity index (χ1n) is 38.2. The largest absolute Gasteiger partial charge is 0.464 e. The van der Waals surface area contributed by atoms with E-state index in [-0.39, 0.29) is 153 Å². The number of aliphatic hydroxyl groups is 7. The number of rotatable bonds is 41. The number of nitrogens with two attached hydrogens (primary N) is 3. The summed E-state index contributed by atoms with van der Waals surface area (Å²) >= 11 is 33.0. The van der Waals surface area contributed by atoms with Crippen LogP contribution in [0.1, 0.15) is 159 Å². The highest BCUT2D eigenvalue weighted by Crippen LogP contribution is 2.40. The molecule has 137 heavy (non-hydrogen) atoms. The summed E-state index contributed by atoms with van der Waals surface area (Å²) in [5, 5.41) is 81.9. The second kappa shape index (κ2) is 67.5. The van der Waals surface area contributed by atoms with Crippen LogP contribution in [0.2, 0.25) is 0 Å². The molecule has 0 radical (unpaired) electrons.